The van der Waals surface area contributed by atoms with Crippen molar-refractivity contribution in [1.29, 1.82) is 0 Å². The standard InChI is InChI=1S/C22H26FN5O2/c1-27(2)12-17-15-9-8-14(30-22(29)28(3)4)11-19(15)26-21(25)16(17)10-13-6-5-7-18(24)20(13)23/h5-9,11H,10,12,24H2,1-4H3,(H2,25,26). The zero-order valence-corrected chi connectivity index (χ0v) is 17.6. The number of halogens is 1. The molecule has 8 heteroatoms. The van der Waals surface area contributed by atoms with Crippen molar-refractivity contribution in [2.45, 2.75) is 13.0 Å². The molecule has 0 bridgehead atoms. The van der Waals surface area contributed by atoms with Gasteiger partial charge in [-0.1, -0.05) is 12.1 Å². The maximum atomic E-state index is 14.5. The Kier molecular flexibility index (Phi) is 6.07. The molecule has 30 heavy (non-hydrogen) atoms. The summed E-state index contributed by atoms with van der Waals surface area (Å²) in [6.45, 7) is 0.583. The molecule has 0 fully saturated rings. The van der Waals surface area contributed by atoms with Crippen LogP contribution < -0.4 is 16.2 Å². The molecule has 0 spiro atoms. The normalized spacial score (nSPS) is 11.1. The Morgan fingerprint density at radius 2 is 1.83 bits per heavy atom. The van der Waals surface area contributed by atoms with E-state index in [0.29, 0.717) is 29.2 Å². The van der Waals surface area contributed by atoms with Crippen LogP contribution in [0.5, 0.6) is 5.75 Å². The predicted octanol–water partition coefficient (Wildman–Crippen LogP) is 3.25. The number of nitrogens with two attached hydrogens (primary N) is 2. The number of fused-ring (bicyclic) bond motifs is 1. The van der Waals surface area contributed by atoms with E-state index in [-0.39, 0.29) is 12.1 Å². The molecule has 1 aromatic heterocycles. The summed E-state index contributed by atoms with van der Waals surface area (Å²) in [5, 5.41) is 0.863. The second kappa shape index (κ2) is 8.54. The van der Waals surface area contributed by atoms with Crippen LogP contribution in [0.25, 0.3) is 10.9 Å². The van der Waals surface area contributed by atoms with Crippen LogP contribution in [0.15, 0.2) is 36.4 Å². The van der Waals surface area contributed by atoms with Gasteiger partial charge < -0.3 is 26.0 Å². The van der Waals surface area contributed by atoms with E-state index < -0.39 is 11.9 Å². The Morgan fingerprint density at radius 3 is 2.50 bits per heavy atom. The number of anilines is 2. The molecule has 3 rings (SSSR count). The molecule has 0 radical (unpaired) electrons. The predicted molar refractivity (Wildman–Crippen MR) is 117 cm³/mol. The highest BCUT2D eigenvalue weighted by Crippen LogP contribution is 2.31. The zero-order valence-electron chi connectivity index (χ0n) is 17.6. The number of nitrogen functional groups attached to an aromatic ring is 2. The number of ether oxygens (including phenoxy) is 1. The quantitative estimate of drug-likeness (QED) is 0.626. The van der Waals surface area contributed by atoms with E-state index >= 15 is 0 Å². The third kappa shape index (κ3) is 4.44. The van der Waals surface area contributed by atoms with E-state index in [1.807, 2.05) is 25.1 Å². The first-order valence-electron chi connectivity index (χ1n) is 9.45. The van der Waals surface area contributed by atoms with Gasteiger partial charge in [-0.3, -0.25) is 0 Å². The molecule has 1 heterocycles. The maximum absolute atomic E-state index is 14.5. The molecule has 0 saturated heterocycles. The lowest BCUT2D eigenvalue weighted by Gasteiger charge is -2.19. The fourth-order valence-electron chi connectivity index (χ4n) is 3.25. The fourth-order valence-corrected chi connectivity index (χ4v) is 3.25. The van der Waals surface area contributed by atoms with Crippen LogP contribution in [0.2, 0.25) is 0 Å². The van der Waals surface area contributed by atoms with Gasteiger partial charge in [0.05, 0.1) is 11.2 Å². The second-order valence-electron chi connectivity index (χ2n) is 7.63. The summed E-state index contributed by atoms with van der Waals surface area (Å²) in [4.78, 5) is 19.7. The lowest BCUT2D eigenvalue weighted by Crippen LogP contribution is -2.25. The number of amides is 1. The molecule has 158 valence electrons. The molecule has 0 unspecified atom stereocenters. The summed E-state index contributed by atoms with van der Waals surface area (Å²) in [6.07, 6.45) is -0.212. The van der Waals surface area contributed by atoms with Gasteiger partial charge in [0.25, 0.3) is 0 Å². The van der Waals surface area contributed by atoms with Crippen molar-refractivity contribution in [2.24, 2.45) is 0 Å². The molecule has 1 amide bonds. The number of hydrogen-bond donors (Lipinski definition) is 2. The van der Waals surface area contributed by atoms with E-state index in [1.165, 1.54) is 11.0 Å². The Labute approximate surface area is 175 Å². The highest BCUT2D eigenvalue weighted by atomic mass is 19.1. The first-order chi connectivity index (χ1) is 14.2. The summed E-state index contributed by atoms with van der Waals surface area (Å²) in [6, 6.07) is 10.2. The van der Waals surface area contributed by atoms with Gasteiger partial charge in [0.2, 0.25) is 0 Å². The lowest BCUT2D eigenvalue weighted by atomic mass is 9.96. The van der Waals surface area contributed by atoms with Crippen molar-refractivity contribution in [1.82, 2.24) is 14.8 Å². The van der Waals surface area contributed by atoms with E-state index in [2.05, 4.69) is 4.98 Å². The maximum Gasteiger partial charge on any atom is 0.414 e. The van der Waals surface area contributed by atoms with E-state index in [4.69, 9.17) is 16.2 Å². The van der Waals surface area contributed by atoms with Gasteiger partial charge in [0.15, 0.2) is 0 Å². The molecular weight excluding hydrogens is 385 g/mol. The highest BCUT2D eigenvalue weighted by molar-refractivity contribution is 5.87. The minimum absolute atomic E-state index is 0.0985. The second-order valence-corrected chi connectivity index (χ2v) is 7.63. The van der Waals surface area contributed by atoms with E-state index in [0.717, 1.165) is 16.5 Å². The van der Waals surface area contributed by atoms with Crippen molar-refractivity contribution in [2.75, 3.05) is 39.7 Å². The monoisotopic (exact) mass is 411 g/mol. The van der Waals surface area contributed by atoms with Crippen LogP contribution in [0.1, 0.15) is 16.7 Å². The van der Waals surface area contributed by atoms with Gasteiger partial charge in [0, 0.05) is 44.1 Å². The van der Waals surface area contributed by atoms with Crippen LogP contribution in [-0.4, -0.2) is 49.1 Å². The average Bonchev–Trinajstić information content (AvgIpc) is 2.67. The third-order valence-corrected chi connectivity index (χ3v) is 4.73. The van der Waals surface area contributed by atoms with E-state index in [9.17, 15) is 9.18 Å². The van der Waals surface area contributed by atoms with Crippen molar-refractivity contribution in [3.05, 3.63) is 58.9 Å². The van der Waals surface area contributed by atoms with Gasteiger partial charge in [-0.05, 0) is 43.4 Å². The highest BCUT2D eigenvalue weighted by Gasteiger charge is 2.18. The van der Waals surface area contributed by atoms with Gasteiger partial charge in [-0.15, -0.1) is 0 Å². The molecule has 0 aliphatic rings. The minimum Gasteiger partial charge on any atom is -0.410 e. The van der Waals surface area contributed by atoms with Crippen LogP contribution in [-0.2, 0) is 13.0 Å². The fraction of sp³-hybridized carbons (Fsp3) is 0.273. The Morgan fingerprint density at radius 1 is 1.10 bits per heavy atom. The number of pyridine rings is 1. The number of carbonyl (C=O) groups is 1. The Hall–Kier alpha value is -3.39. The average molecular weight is 411 g/mol. The number of carbonyl (C=O) groups excluding carboxylic acids is 1. The van der Waals surface area contributed by atoms with Crippen molar-refractivity contribution in [3.8, 4) is 5.75 Å². The van der Waals surface area contributed by atoms with Crippen LogP contribution in [0, 0.1) is 5.82 Å². The molecule has 4 N–H and O–H groups in total. The third-order valence-electron chi connectivity index (χ3n) is 4.73. The molecular formula is C22H26FN5O2. The smallest absolute Gasteiger partial charge is 0.410 e. The van der Waals surface area contributed by atoms with Gasteiger partial charge in [-0.25, -0.2) is 14.2 Å². The summed E-state index contributed by atoms with van der Waals surface area (Å²) in [5.41, 5.74) is 14.9. The topological polar surface area (TPSA) is 97.7 Å². The number of hydrogen-bond acceptors (Lipinski definition) is 6. The van der Waals surface area contributed by atoms with E-state index in [1.54, 1.807) is 38.4 Å². The molecule has 0 saturated carbocycles. The number of aromatic nitrogens is 1. The summed E-state index contributed by atoms with van der Waals surface area (Å²) >= 11 is 0. The first kappa shape index (κ1) is 21.3. The lowest BCUT2D eigenvalue weighted by molar-refractivity contribution is 0.172. The summed E-state index contributed by atoms with van der Waals surface area (Å²) in [5.74, 6) is 0.231. The number of benzene rings is 2. The number of rotatable bonds is 5. The molecule has 0 atom stereocenters. The SMILES string of the molecule is CN(C)Cc1c(Cc2cccc(N)c2F)c(N)nc2cc(OC(=O)N(C)C)ccc12. The molecule has 3 aromatic rings. The molecule has 0 aliphatic carbocycles. The van der Waals surface area contributed by atoms with Crippen molar-refractivity contribution < 1.29 is 13.9 Å². The molecule has 7 nitrogen and oxygen atoms in total. The van der Waals surface area contributed by atoms with Crippen LogP contribution in [0.3, 0.4) is 0 Å². The van der Waals surface area contributed by atoms with Crippen LogP contribution in [0.4, 0.5) is 20.7 Å². The Bertz CT molecular complexity index is 1100. The van der Waals surface area contributed by atoms with Gasteiger partial charge in [0.1, 0.15) is 17.4 Å². The number of nitrogens with zero attached hydrogens (tertiary/aromatic N) is 3. The minimum atomic E-state index is -0.482. The van der Waals surface area contributed by atoms with Gasteiger partial charge in [-0.2, -0.15) is 0 Å². The largest absolute Gasteiger partial charge is 0.414 e. The van der Waals surface area contributed by atoms with Crippen molar-refractivity contribution in [3.63, 3.8) is 0 Å². The summed E-state index contributed by atoms with van der Waals surface area (Å²) < 4.78 is 19.8. The zero-order chi connectivity index (χ0) is 22.0. The molecule has 0 aliphatic heterocycles. The van der Waals surface area contributed by atoms with Gasteiger partial charge >= 0.3 is 6.09 Å². The van der Waals surface area contributed by atoms with Crippen molar-refractivity contribution >= 4 is 28.5 Å². The summed E-state index contributed by atoms with van der Waals surface area (Å²) in [7, 11) is 7.11. The Balaban J connectivity index is 2.11. The van der Waals surface area contributed by atoms with Crippen LogP contribution >= 0.6 is 0 Å². The first-order valence-corrected chi connectivity index (χ1v) is 9.45. The molecule has 2 aromatic carbocycles.